The van der Waals surface area contributed by atoms with Gasteiger partial charge in [0.2, 0.25) is 0 Å². The van der Waals surface area contributed by atoms with Gasteiger partial charge in [-0.1, -0.05) is 164 Å². The van der Waals surface area contributed by atoms with E-state index in [0.717, 1.165) is 50.0 Å². The lowest BCUT2D eigenvalue weighted by Crippen LogP contribution is -2.12. The maximum absolute atomic E-state index is 5.14. The van der Waals surface area contributed by atoms with Crippen LogP contribution in [0.25, 0.3) is 81.3 Å². The maximum atomic E-state index is 5.14. The molecule has 2 aromatic heterocycles. The molecule has 0 aliphatic rings. The Hall–Kier alpha value is -7.27. The molecule has 11 rings (SSSR count). The van der Waals surface area contributed by atoms with E-state index in [1.165, 1.54) is 48.4 Å². The van der Waals surface area contributed by atoms with E-state index in [2.05, 4.69) is 222 Å². The molecule has 0 unspecified atom stereocenters. The summed E-state index contributed by atoms with van der Waals surface area (Å²) < 4.78 is 3.62. The van der Waals surface area contributed by atoms with Crippen molar-refractivity contribution in [1.82, 2.24) is 9.55 Å². The van der Waals surface area contributed by atoms with Crippen LogP contribution in [0.5, 0.6) is 0 Å². The average molecular weight is 746 g/mol. The summed E-state index contributed by atoms with van der Waals surface area (Å²) in [6.45, 7) is 0. The third kappa shape index (κ3) is 5.61. The van der Waals surface area contributed by atoms with Gasteiger partial charge < -0.3 is 9.47 Å². The Bertz CT molecular complexity index is 3220. The first kappa shape index (κ1) is 33.1. The van der Waals surface area contributed by atoms with Gasteiger partial charge >= 0.3 is 0 Å². The van der Waals surface area contributed by atoms with Gasteiger partial charge in [0.25, 0.3) is 0 Å². The molecule has 0 radical (unpaired) electrons. The SMILES string of the molecule is c1ccc(-c2ccc(N(c3ccccc3-c3cccc4nc(-c5ccccc5)sc34)c3cc4ccccc4c4c3c3ccccc3n4-c3ccccc3)cc2)cc1. The number of thiazole rings is 1. The molecule has 0 aliphatic carbocycles. The lowest BCUT2D eigenvalue weighted by molar-refractivity contribution is 1.19. The van der Waals surface area contributed by atoms with Crippen molar-refractivity contribution in [2.45, 2.75) is 0 Å². The molecule has 0 fully saturated rings. The van der Waals surface area contributed by atoms with E-state index in [9.17, 15) is 0 Å². The van der Waals surface area contributed by atoms with Crippen molar-refractivity contribution in [3.63, 3.8) is 0 Å². The highest BCUT2D eigenvalue weighted by Gasteiger charge is 2.26. The molecule has 0 saturated heterocycles. The second-order valence-electron chi connectivity index (χ2n) is 14.3. The number of fused-ring (bicyclic) bond motifs is 6. The van der Waals surface area contributed by atoms with Gasteiger partial charge in [0.1, 0.15) is 5.01 Å². The summed E-state index contributed by atoms with van der Waals surface area (Å²) in [5.41, 5.74) is 13.6. The number of anilines is 3. The smallest absolute Gasteiger partial charge is 0.124 e. The molecule has 0 aliphatic heterocycles. The van der Waals surface area contributed by atoms with Gasteiger partial charge in [-0.3, -0.25) is 0 Å². The molecule has 0 spiro atoms. The van der Waals surface area contributed by atoms with E-state index in [1.807, 2.05) is 0 Å². The molecule has 57 heavy (non-hydrogen) atoms. The van der Waals surface area contributed by atoms with Crippen molar-refractivity contribution < 1.29 is 0 Å². The largest absolute Gasteiger partial charge is 0.309 e. The Labute approximate surface area is 335 Å². The molecule has 2 heterocycles. The van der Waals surface area contributed by atoms with Crippen molar-refractivity contribution in [2.24, 2.45) is 0 Å². The molecular weight excluding hydrogens is 711 g/mol. The van der Waals surface area contributed by atoms with E-state index < -0.39 is 0 Å². The zero-order valence-corrected chi connectivity index (χ0v) is 31.8. The molecule has 0 bridgehead atoms. The Morgan fingerprint density at radius 1 is 0.456 bits per heavy atom. The number of hydrogen-bond donors (Lipinski definition) is 0. The van der Waals surface area contributed by atoms with Crippen LogP contribution >= 0.6 is 11.3 Å². The van der Waals surface area contributed by atoms with Crippen molar-refractivity contribution in [2.75, 3.05) is 4.90 Å². The third-order valence-electron chi connectivity index (χ3n) is 11.0. The van der Waals surface area contributed by atoms with Crippen molar-refractivity contribution in [3.8, 4) is 38.5 Å². The van der Waals surface area contributed by atoms with Crippen LogP contribution in [0.3, 0.4) is 0 Å². The first-order valence-corrected chi connectivity index (χ1v) is 20.1. The summed E-state index contributed by atoms with van der Waals surface area (Å²) in [7, 11) is 0. The quantitative estimate of drug-likeness (QED) is 0.162. The second-order valence-corrected chi connectivity index (χ2v) is 15.3. The third-order valence-corrected chi connectivity index (χ3v) is 12.2. The molecule has 0 saturated carbocycles. The zero-order valence-electron chi connectivity index (χ0n) is 31.0. The zero-order chi connectivity index (χ0) is 37.7. The fraction of sp³-hybridized carbons (Fsp3) is 0. The number of hydrogen-bond acceptors (Lipinski definition) is 3. The van der Waals surface area contributed by atoms with Gasteiger partial charge in [-0.25, -0.2) is 4.98 Å². The highest BCUT2D eigenvalue weighted by atomic mass is 32.1. The minimum atomic E-state index is 1.00. The summed E-state index contributed by atoms with van der Waals surface area (Å²) in [5, 5.41) is 5.83. The van der Waals surface area contributed by atoms with Crippen LogP contribution in [-0.2, 0) is 0 Å². The van der Waals surface area contributed by atoms with Crippen LogP contribution in [-0.4, -0.2) is 9.55 Å². The Morgan fingerprint density at radius 3 is 1.86 bits per heavy atom. The van der Waals surface area contributed by atoms with Gasteiger partial charge in [-0.15, -0.1) is 11.3 Å². The predicted molar refractivity (Wildman–Crippen MR) is 242 cm³/mol. The molecule has 0 atom stereocenters. The average Bonchev–Trinajstić information content (AvgIpc) is 3.89. The van der Waals surface area contributed by atoms with Crippen LogP contribution in [0, 0.1) is 0 Å². The molecule has 9 aromatic carbocycles. The second kappa shape index (κ2) is 13.8. The van der Waals surface area contributed by atoms with Gasteiger partial charge in [0.05, 0.1) is 32.6 Å². The standard InChI is InChI=1S/C53H35N3S/c1-4-17-36(18-5-1)37-31-33-41(34-32-37)55(47-29-14-12-25-43(47)44-27-16-28-46-52(44)57-53(54-46)38-19-6-2-7-20-38)49-35-39-21-10-11-24-42(39)51-50(49)45-26-13-15-30-48(45)56(51)40-22-8-3-9-23-40/h1-35H. The minimum Gasteiger partial charge on any atom is -0.309 e. The van der Waals surface area contributed by atoms with E-state index in [0.29, 0.717) is 0 Å². The summed E-state index contributed by atoms with van der Waals surface area (Å²) in [4.78, 5) is 7.63. The van der Waals surface area contributed by atoms with Gasteiger partial charge in [-0.05, 0) is 65.0 Å². The molecule has 0 N–H and O–H groups in total. The van der Waals surface area contributed by atoms with Crippen molar-refractivity contribution >= 4 is 71.2 Å². The van der Waals surface area contributed by atoms with E-state index >= 15 is 0 Å². The van der Waals surface area contributed by atoms with Gasteiger partial charge in [0.15, 0.2) is 0 Å². The Kier molecular flexibility index (Phi) is 8.01. The van der Waals surface area contributed by atoms with Crippen LogP contribution in [0.2, 0.25) is 0 Å². The number of aromatic nitrogens is 2. The monoisotopic (exact) mass is 745 g/mol. The van der Waals surface area contributed by atoms with Crippen molar-refractivity contribution in [3.05, 3.63) is 212 Å². The van der Waals surface area contributed by atoms with Crippen LogP contribution in [0.4, 0.5) is 17.1 Å². The first-order valence-electron chi connectivity index (χ1n) is 19.3. The number of para-hydroxylation sites is 3. The number of rotatable bonds is 7. The normalized spacial score (nSPS) is 11.5. The summed E-state index contributed by atoms with van der Waals surface area (Å²) in [5.74, 6) is 0. The highest BCUT2D eigenvalue weighted by molar-refractivity contribution is 7.22. The molecule has 268 valence electrons. The van der Waals surface area contributed by atoms with Crippen LogP contribution in [0.15, 0.2) is 212 Å². The summed E-state index contributed by atoms with van der Waals surface area (Å²) in [6.07, 6.45) is 0. The maximum Gasteiger partial charge on any atom is 0.124 e. The molecule has 3 nitrogen and oxygen atoms in total. The fourth-order valence-corrected chi connectivity index (χ4v) is 9.53. The number of nitrogens with zero attached hydrogens (tertiary/aromatic N) is 3. The highest BCUT2D eigenvalue weighted by Crippen LogP contribution is 2.50. The first-order chi connectivity index (χ1) is 28.3. The van der Waals surface area contributed by atoms with E-state index in [-0.39, 0.29) is 0 Å². The summed E-state index contributed by atoms with van der Waals surface area (Å²) >= 11 is 1.76. The van der Waals surface area contributed by atoms with Gasteiger partial charge in [-0.2, -0.15) is 0 Å². The molecular formula is C53H35N3S. The molecule has 0 amide bonds. The fourth-order valence-electron chi connectivity index (χ4n) is 8.44. The predicted octanol–water partition coefficient (Wildman–Crippen LogP) is 15.0. The number of benzene rings is 9. The summed E-state index contributed by atoms with van der Waals surface area (Å²) in [6, 6.07) is 76.4. The molecule has 11 aromatic rings. The van der Waals surface area contributed by atoms with Crippen LogP contribution < -0.4 is 4.90 Å². The lowest BCUT2D eigenvalue weighted by atomic mass is 9.98. The van der Waals surface area contributed by atoms with E-state index in [1.54, 1.807) is 11.3 Å². The van der Waals surface area contributed by atoms with Crippen molar-refractivity contribution in [1.29, 1.82) is 0 Å². The minimum absolute atomic E-state index is 1.00. The topological polar surface area (TPSA) is 21.1 Å². The van der Waals surface area contributed by atoms with Gasteiger partial charge in [0, 0.05) is 44.2 Å². The molecule has 4 heteroatoms. The lowest BCUT2D eigenvalue weighted by Gasteiger charge is -2.29. The Morgan fingerprint density at radius 2 is 1.07 bits per heavy atom. The Balaban J connectivity index is 1.23. The van der Waals surface area contributed by atoms with E-state index in [4.69, 9.17) is 4.98 Å². The van der Waals surface area contributed by atoms with Crippen LogP contribution in [0.1, 0.15) is 0 Å².